The summed E-state index contributed by atoms with van der Waals surface area (Å²) in [6, 6.07) is 0. The second kappa shape index (κ2) is 16.0. The molecule has 14 nitrogen and oxygen atoms in total. The largest absolute Gasteiger partial charge is 0.456 e. The van der Waals surface area contributed by atoms with Crippen molar-refractivity contribution in [2.45, 2.75) is 257 Å². The third-order valence-electron chi connectivity index (χ3n) is 17.7. The van der Waals surface area contributed by atoms with Crippen molar-refractivity contribution in [2.75, 3.05) is 5.88 Å². The van der Waals surface area contributed by atoms with E-state index in [0.717, 1.165) is 24.8 Å². The number of halogens is 1. The molecule has 11 aliphatic rings. The van der Waals surface area contributed by atoms with Crippen molar-refractivity contribution in [1.29, 1.82) is 0 Å². The molecule has 23 atom stereocenters. The number of esters is 1. The highest BCUT2D eigenvalue weighted by Gasteiger charge is 2.64. The standard InChI is InChI=1S/C49H69ClO14/c1-24-13-30-35(21-47(5)37(57-30)19-34-44(63-47)25(2)14-42(53)59-34)56-29-10-12-46(4)38(60-43(24)29)20-39-48(6,64-46)22-41-45(3,62-39)11-8-9-28-31(58-41)17-33-32(55-28)18-40-49(7,61-33)36(52)16-27(54-40)15-26(51)23-50/h8-9,14,24,27-41,43-44,52H,10-13,15-23H2,1-7H3/b9-8-/t24-,27-,28-,29+,30+,31+,32+,33-,34+,35-,36-,37-,38+,39-,40-,41-,43-,44-,45+,46-,47+,48+,49+/m1/s1. The summed E-state index contributed by atoms with van der Waals surface area (Å²) in [7, 11) is 0. The smallest absolute Gasteiger partial charge is 0.331 e. The summed E-state index contributed by atoms with van der Waals surface area (Å²) in [6.07, 6.45) is 8.22. The maximum absolute atomic E-state index is 12.3. The van der Waals surface area contributed by atoms with Crippen molar-refractivity contribution >= 4 is 23.4 Å². The molecule has 11 rings (SSSR count). The molecular formula is C49H69ClO14. The van der Waals surface area contributed by atoms with Gasteiger partial charge in [-0.15, -0.1) is 11.6 Å². The number of ketones is 1. The van der Waals surface area contributed by atoms with Crippen LogP contribution in [0.15, 0.2) is 23.8 Å². The lowest BCUT2D eigenvalue weighted by Crippen LogP contribution is -2.70. The molecule has 356 valence electrons. The van der Waals surface area contributed by atoms with Crippen LogP contribution < -0.4 is 0 Å². The van der Waals surface area contributed by atoms with E-state index in [1.54, 1.807) is 6.08 Å². The number of hydrogen-bond acceptors (Lipinski definition) is 14. The van der Waals surface area contributed by atoms with Gasteiger partial charge in [-0.2, -0.15) is 0 Å². The van der Waals surface area contributed by atoms with E-state index >= 15 is 0 Å². The number of hydrogen-bond donors (Lipinski definition) is 1. The van der Waals surface area contributed by atoms with Gasteiger partial charge in [0.15, 0.2) is 0 Å². The summed E-state index contributed by atoms with van der Waals surface area (Å²) in [6.45, 7) is 14.8. The van der Waals surface area contributed by atoms with Crippen LogP contribution in [0.3, 0.4) is 0 Å². The van der Waals surface area contributed by atoms with Crippen LogP contribution in [0.1, 0.15) is 126 Å². The molecule has 0 aromatic rings. The zero-order chi connectivity index (χ0) is 44.7. The van der Waals surface area contributed by atoms with Crippen molar-refractivity contribution in [2.24, 2.45) is 5.92 Å². The molecule has 0 unspecified atom stereocenters. The van der Waals surface area contributed by atoms with E-state index in [1.165, 1.54) is 0 Å². The van der Waals surface area contributed by atoms with Crippen LogP contribution in [0, 0.1) is 5.92 Å². The molecule has 0 amide bonds. The van der Waals surface area contributed by atoms with E-state index in [4.69, 9.17) is 63.7 Å². The first-order valence-corrected chi connectivity index (χ1v) is 24.9. The third kappa shape index (κ3) is 7.54. The van der Waals surface area contributed by atoms with Crippen molar-refractivity contribution in [3.63, 3.8) is 0 Å². The van der Waals surface area contributed by atoms with Crippen LogP contribution >= 0.6 is 11.6 Å². The molecule has 11 heterocycles. The fraction of sp³-hybridized carbons (Fsp3) is 0.878. The van der Waals surface area contributed by atoms with Crippen molar-refractivity contribution in [3.05, 3.63) is 23.8 Å². The van der Waals surface area contributed by atoms with Gasteiger partial charge in [0, 0.05) is 57.4 Å². The van der Waals surface area contributed by atoms with Gasteiger partial charge in [-0.05, 0) is 78.7 Å². The topological polar surface area (TPSA) is 156 Å². The van der Waals surface area contributed by atoms with E-state index in [2.05, 4.69) is 46.8 Å². The molecule has 64 heavy (non-hydrogen) atoms. The predicted molar refractivity (Wildman–Crippen MR) is 229 cm³/mol. The molecule has 0 radical (unpaired) electrons. The van der Waals surface area contributed by atoms with Gasteiger partial charge in [-0.1, -0.05) is 19.1 Å². The number of aliphatic hydroxyl groups excluding tert-OH is 1. The van der Waals surface area contributed by atoms with Crippen molar-refractivity contribution in [1.82, 2.24) is 0 Å². The molecule has 0 aromatic carbocycles. The maximum Gasteiger partial charge on any atom is 0.331 e. The van der Waals surface area contributed by atoms with Gasteiger partial charge in [-0.25, -0.2) is 4.79 Å². The molecule has 0 saturated carbocycles. The number of rotatable bonds is 3. The molecular weight excluding hydrogens is 848 g/mol. The lowest BCUT2D eigenvalue weighted by Gasteiger charge is -2.60. The second-order valence-corrected chi connectivity index (χ2v) is 22.8. The number of Topliss-reactive ketones (excluding diaryl/α,β-unsaturated/α-hetero) is 1. The number of carbonyl (C=O) groups is 2. The fourth-order valence-corrected chi connectivity index (χ4v) is 14.1. The molecule has 0 spiro atoms. The number of alkyl halides is 1. The normalized spacial score (nSPS) is 57.0. The predicted octanol–water partition coefficient (Wildman–Crippen LogP) is 5.52. The molecule has 0 aromatic heterocycles. The molecule has 15 heteroatoms. The van der Waals surface area contributed by atoms with E-state index in [9.17, 15) is 14.7 Å². The quantitative estimate of drug-likeness (QED) is 0.215. The first kappa shape index (κ1) is 44.9. The SMILES string of the molecule is CC1=CC(=O)O[C@H]2C[C@H]3O[C@H]4C[C@@H](C)[C@H]5O[C@H]6C[C@H]7O[C@@]8(C)C/C=C\[C@H]9O[C@H]%10C[C@H]%11O[C@H](CC(=O)CCl)C[C@@H](O)[C@]%11(C)O[C@@H]%10C[C@@H]9O[C@@H]8C[C@]7(C)O[C@]6(C)CC[C@@H]5O[C@@H]4C[C@]3(C)O[C@H]12. The Morgan fingerprint density at radius 3 is 2.30 bits per heavy atom. The minimum atomic E-state index is -0.938. The molecule has 0 aliphatic carbocycles. The number of ether oxygens (including phenoxy) is 11. The van der Waals surface area contributed by atoms with Crippen LogP contribution in [-0.2, 0) is 61.7 Å². The Bertz CT molecular complexity index is 1910. The van der Waals surface area contributed by atoms with Gasteiger partial charge >= 0.3 is 5.97 Å². The molecule has 9 fully saturated rings. The minimum absolute atomic E-state index is 0.0731. The van der Waals surface area contributed by atoms with Gasteiger partial charge in [-0.3, -0.25) is 4.79 Å². The fourth-order valence-electron chi connectivity index (χ4n) is 14.0. The van der Waals surface area contributed by atoms with Crippen molar-refractivity contribution < 1.29 is 66.8 Å². The van der Waals surface area contributed by atoms with E-state index in [0.29, 0.717) is 51.4 Å². The summed E-state index contributed by atoms with van der Waals surface area (Å²) in [5.41, 5.74) is -2.46. The summed E-state index contributed by atoms with van der Waals surface area (Å²) in [4.78, 5) is 24.4. The summed E-state index contributed by atoms with van der Waals surface area (Å²) < 4.78 is 75.5. The van der Waals surface area contributed by atoms with Gasteiger partial charge in [0.2, 0.25) is 0 Å². The van der Waals surface area contributed by atoms with Crippen molar-refractivity contribution in [3.8, 4) is 0 Å². The maximum atomic E-state index is 12.3. The highest BCUT2D eigenvalue weighted by atomic mass is 35.5. The molecule has 0 bridgehead atoms. The van der Waals surface area contributed by atoms with Crippen LogP contribution in [0.5, 0.6) is 0 Å². The molecule has 1 N–H and O–H groups in total. The number of carbonyl (C=O) groups excluding carboxylic acids is 2. The summed E-state index contributed by atoms with van der Waals surface area (Å²) >= 11 is 5.80. The first-order valence-electron chi connectivity index (χ1n) is 24.3. The third-order valence-corrected chi connectivity index (χ3v) is 18.0. The Morgan fingerprint density at radius 2 is 1.48 bits per heavy atom. The van der Waals surface area contributed by atoms with Gasteiger partial charge < -0.3 is 57.2 Å². The van der Waals surface area contributed by atoms with Crippen LogP contribution in [0.2, 0.25) is 0 Å². The Hall–Kier alpha value is -1.53. The zero-order valence-corrected chi connectivity index (χ0v) is 39.2. The number of fused-ring (bicyclic) bond motifs is 10. The average molecular weight is 918 g/mol. The second-order valence-electron chi connectivity index (χ2n) is 22.6. The van der Waals surface area contributed by atoms with E-state index in [1.807, 2.05) is 13.8 Å². The van der Waals surface area contributed by atoms with Crippen LogP contribution in [0.25, 0.3) is 0 Å². The van der Waals surface area contributed by atoms with E-state index in [-0.39, 0.29) is 115 Å². The Kier molecular flexibility index (Phi) is 11.2. The average Bonchev–Trinajstić information content (AvgIpc) is 3.43. The highest BCUT2D eigenvalue weighted by molar-refractivity contribution is 6.27. The Morgan fingerprint density at radius 1 is 0.719 bits per heavy atom. The number of aliphatic hydroxyl groups is 1. The van der Waals surface area contributed by atoms with Crippen LogP contribution in [0.4, 0.5) is 0 Å². The Balaban J connectivity index is 0.776. The monoisotopic (exact) mass is 916 g/mol. The van der Waals surface area contributed by atoms with Crippen LogP contribution in [-0.4, -0.2) is 155 Å². The first-order chi connectivity index (χ1) is 30.4. The van der Waals surface area contributed by atoms with Gasteiger partial charge in [0.25, 0.3) is 0 Å². The van der Waals surface area contributed by atoms with Gasteiger partial charge in [0.1, 0.15) is 29.7 Å². The minimum Gasteiger partial charge on any atom is -0.456 e. The molecule has 9 saturated heterocycles. The zero-order valence-electron chi connectivity index (χ0n) is 38.4. The highest BCUT2D eigenvalue weighted by Crippen LogP contribution is 2.55. The molecule has 11 aliphatic heterocycles. The van der Waals surface area contributed by atoms with E-state index < -0.39 is 46.3 Å². The lowest BCUT2D eigenvalue weighted by atomic mass is 9.72. The van der Waals surface area contributed by atoms with Gasteiger partial charge in [0.05, 0.1) is 114 Å². The Labute approximate surface area is 381 Å². The summed E-state index contributed by atoms with van der Waals surface area (Å²) in [5.74, 6) is -0.321. The lowest BCUT2D eigenvalue weighted by molar-refractivity contribution is -0.356. The summed E-state index contributed by atoms with van der Waals surface area (Å²) in [5, 5.41) is 11.4.